The number of phenols is 1. The molecule has 138 valence electrons. The highest BCUT2D eigenvalue weighted by molar-refractivity contribution is 5.80. The number of aromatic hydroxyl groups is 1. The second kappa shape index (κ2) is 7.76. The van der Waals surface area contributed by atoms with Crippen molar-refractivity contribution in [3.63, 3.8) is 0 Å². The Morgan fingerprint density at radius 3 is 2.48 bits per heavy atom. The van der Waals surface area contributed by atoms with Crippen molar-refractivity contribution >= 4 is 12.1 Å². The summed E-state index contributed by atoms with van der Waals surface area (Å²) in [6.45, 7) is 5.16. The van der Waals surface area contributed by atoms with Crippen LogP contribution in [0, 0.1) is 0 Å². The number of carboxylic acids is 1. The summed E-state index contributed by atoms with van der Waals surface area (Å²) in [6, 6.07) is 4.07. The molecule has 0 bridgehead atoms. The summed E-state index contributed by atoms with van der Waals surface area (Å²) in [5.74, 6) is -0.550. The molecule has 2 rings (SSSR count). The number of aliphatic carboxylic acids is 1. The molecule has 1 aliphatic carbocycles. The predicted octanol–water partition coefficient (Wildman–Crippen LogP) is 3.57. The lowest BCUT2D eigenvalue weighted by Gasteiger charge is -2.22. The van der Waals surface area contributed by atoms with Gasteiger partial charge in [0.05, 0.1) is 0 Å². The largest absolute Gasteiger partial charge is 0.508 e. The molecule has 0 aliphatic heterocycles. The molecule has 1 saturated carbocycles. The molecule has 0 heterocycles. The summed E-state index contributed by atoms with van der Waals surface area (Å²) >= 11 is 0. The van der Waals surface area contributed by atoms with E-state index >= 15 is 0 Å². The maximum absolute atomic E-state index is 11.9. The summed E-state index contributed by atoms with van der Waals surface area (Å²) in [5, 5.41) is 21.9. The highest BCUT2D eigenvalue weighted by atomic mass is 16.6. The van der Waals surface area contributed by atoms with E-state index in [1.165, 1.54) is 0 Å². The van der Waals surface area contributed by atoms with E-state index in [0.29, 0.717) is 5.92 Å². The van der Waals surface area contributed by atoms with E-state index in [1.54, 1.807) is 32.9 Å². The van der Waals surface area contributed by atoms with Gasteiger partial charge in [-0.25, -0.2) is 9.59 Å². The molecule has 1 aliphatic rings. The average molecular weight is 349 g/mol. The summed E-state index contributed by atoms with van der Waals surface area (Å²) in [4.78, 5) is 23.4. The Morgan fingerprint density at radius 1 is 1.28 bits per heavy atom. The SMILES string of the molecule is CC(C)(C)OC(=O)NC(Cc1ccc(O)c(C2CCCC2)c1)C(=O)O. The van der Waals surface area contributed by atoms with Gasteiger partial charge in [0, 0.05) is 6.42 Å². The molecule has 6 heteroatoms. The molecule has 3 N–H and O–H groups in total. The van der Waals surface area contributed by atoms with Crippen molar-refractivity contribution in [1.29, 1.82) is 0 Å². The molecule has 0 saturated heterocycles. The van der Waals surface area contributed by atoms with Crippen molar-refractivity contribution in [2.75, 3.05) is 0 Å². The third kappa shape index (κ3) is 5.66. The van der Waals surface area contributed by atoms with E-state index in [-0.39, 0.29) is 12.2 Å². The minimum absolute atomic E-state index is 0.134. The molecule has 1 aromatic carbocycles. The highest BCUT2D eigenvalue weighted by Gasteiger charge is 2.25. The van der Waals surface area contributed by atoms with E-state index in [4.69, 9.17) is 4.74 Å². The molecule has 1 amide bonds. The number of ether oxygens (including phenoxy) is 1. The Kier molecular flexibility index (Phi) is 5.93. The molecule has 0 aromatic heterocycles. The van der Waals surface area contributed by atoms with Crippen molar-refractivity contribution in [3.05, 3.63) is 29.3 Å². The quantitative estimate of drug-likeness (QED) is 0.755. The van der Waals surface area contributed by atoms with Crippen LogP contribution in [0.3, 0.4) is 0 Å². The summed E-state index contributed by atoms with van der Waals surface area (Å²) in [5.41, 5.74) is 0.945. The number of nitrogens with one attached hydrogen (secondary N) is 1. The van der Waals surface area contributed by atoms with Crippen LogP contribution in [0.4, 0.5) is 4.79 Å². The predicted molar refractivity (Wildman–Crippen MR) is 93.8 cm³/mol. The molecule has 1 fully saturated rings. The van der Waals surface area contributed by atoms with Crippen LogP contribution in [0.2, 0.25) is 0 Å². The van der Waals surface area contributed by atoms with Crippen LogP contribution in [0.25, 0.3) is 0 Å². The normalized spacial score (nSPS) is 16.4. The fraction of sp³-hybridized carbons (Fsp3) is 0.579. The number of carbonyl (C=O) groups is 2. The van der Waals surface area contributed by atoms with Gasteiger partial charge in [-0.3, -0.25) is 0 Å². The Bertz CT molecular complexity index is 629. The lowest BCUT2D eigenvalue weighted by molar-refractivity contribution is -0.139. The molecule has 1 unspecified atom stereocenters. The fourth-order valence-corrected chi connectivity index (χ4v) is 3.18. The zero-order valence-electron chi connectivity index (χ0n) is 15.0. The minimum Gasteiger partial charge on any atom is -0.508 e. The van der Waals surface area contributed by atoms with Crippen molar-refractivity contribution in [2.45, 2.75) is 70.4 Å². The second-order valence-corrected chi connectivity index (χ2v) is 7.62. The topological polar surface area (TPSA) is 95.9 Å². The Labute approximate surface area is 148 Å². The number of rotatable bonds is 5. The zero-order valence-corrected chi connectivity index (χ0v) is 15.0. The van der Waals surface area contributed by atoms with E-state index in [9.17, 15) is 19.8 Å². The Morgan fingerprint density at radius 2 is 1.92 bits per heavy atom. The molecular weight excluding hydrogens is 322 g/mol. The van der Waals surface area contributed by atoms with Crippen LogP contribution < -0.4 is 5.32 Å². The number of alkyl carbamates (subject to hydrolysis) is 1. The number of phenolic OH excluding ortho intramolecular Hbond substituents is 1. The van der Waals surface area contributed by atoms with Crippen LogP contribution in [0.15, 0.2) is 18.2 Å². The van der Waals surface area contributed by atoms with Crippen LogP contribution in [0.1, 0.15) is 63.5 Å². The Hall–Kier alpha value is -2.24. The van der Waals surface area contributed by atoms with Crippen LogP contribution in [-0.2, 0) is 16.0 Å². The Balaban J connectivity index is 2.10. The first-order valence-corrected chi connectivity index (χ1v) is 8.70. The third-order valence-electron chi connectivity index (χ3n) is 4.32. The van der Waals surface area contributed by atoms with E-state index in [0.717, 1.165) is 36.8 Å². The van der Waals surface area contributed by atoms with Crippen LogP contribution in [-0.4, -0.2) is 33.9 Å². The molecule has 1 aromatic rings. The monoisotopic (exact) mass is 349 g/mol. The maximum Gasteiger partial charge on any atom is 0.408 e. The van der Waals surface area contributed by atoms with E-state index in [2.05, 4.69) is 5.32 Å². The van der Waals surface area contributed by atoms with Gasteiger partial charge in [-0.15, -0.1) is 0 Å². The van der Waals surface area contributed by atoms with Gasteiger partial charge in [0.25, 0.3) is 0 Å². The van der Waals surface area contributed by atoms with E-state index in [1.807, 2.05) is 6.07 Å². The van der Waals surface area contributed by atoms with Gasteiger partial charge >= 0.3 is 12.1 Å². The maximum atomic E-state index is 11.9. The number of benzene rings is 1. The van der Waals surface area contributed by atoms with Gasteiger partial charge in [-0.2, -0.15) is 0 Å². The molecule has 6 nitrogen and oxygen atoms in total. The van der Waals surface area contributed by atoms with Crippen molar-refractivity contribution < 1.29 is 24.5 Å². The van der Waals surface area contributed by atoms with Gasteiger partial charge in [0.2, 0.25) is 0 Å². The fourth-order valence-electron chi connectivity index (χ4n) is 3.18. The highest BCUT2D eigenvalue weighted by Crippen LogP contribution is 2.38. The molecular formula is C19H27NO5. The zero-order chi connectivity index (χ0) is 18.6. The number of amides is 1. The number of carbonyl (C=O) groups excluding carboxylic acids is 1. The molecule has 0 radical (unpaired) electrons. The summed E-state index contributed by atoms with van der Waals surface area (Å²) in [7, 11) is 0. The number of carboxylic acid groups (broad SMARTS) is 1. The first kappa shape index (κ1) is 19.1. The van der Waals surface area contributed by atoms with Crippen LogP contribution >= 0.6 is 0 Å². The molecule has 25 heavy (non-hydrogen) atoms. The van der Waals surface area contributed by atoms with Crippen molar-refractivity contribution in [2.24, 2.45) is 0 Å². The van der Waals surface area contributed by atoms with E-state index < -0.39 is 23.7 Å². The van der Waals surface area contributed by atoms with Gasteiger partial charge in [-0.05, 0) is 56.7 Å². The standard InChI is InChI=1S/C19H27NO5/c1-19(2,3)25-18(24)20-15(17(22)23)11-12-8-9-16(21)14(10-12)13-6-4-5-7-13/h8-10,13,15,21H,4-7,11H2,1-3H3,(H,20,24)(H,22,23). The molecule has 0 spiro atoms. The smallest absolute Gasteiger partial charge is 0.408 e. The minimum atomic E-state index is -1.12. The van der Waals surface area contributed by atoms with Crippen LogP contribution in [0.5, 0.6) is 5.75 Å². The van der Waals surface area contributed by atoms with Gasteiger partial charge in [0.1, 0.15) is 17.4 Å². The molecule has 1 atom stereocenters. The lowest BCUT2D eigenvalue weighted by atomic mass is 9.93. The van der Waals surface area contributed by atoms with Gasteiger partial charge in [0.15, 0.2) is 0 Å². The second-order valence-electron chi connectivity index (χ2n) is 7.62. The summed E-state index contributed by atoms with van der Waals surface area (Å²) in [6.07, 6.45) is 3.74. The van der Waals surface area contributed by atoms with Crippen molar-refractivity contribution in [3.8, 4) is 5.75 Å². The third-order valence-corrected chi connectivity index (χ3v) is 4.32. The lowest BCUT2D eigenvalue weighted by Crippen LogP contribution is -2.44. The number of hydrogen-bond acceptors (Lipinski definition) is 4. The van der Waals surface area contributed by atoms with Gasteiger partial charge < -0.3 is 20.3 Å². The average Bonchev–Trinajstić information content (AvgIpc) is 3.00. The number of hydrogen-bond donors (Lipinski definition) is 3. The summed E-state index contributed by atoms with van der Waals surface area (Å²) < 4.78 is 5.13. The van der Waals surface area contributed by atoms with Crippen molar-refractivity contribution in [1.82, 2.24) is 5.32 Å². The van der Waals surface area contributed by atoms with Gasteiger partial charge in [-0.1, -0.05) is 25.0 Å². The first-order valence-electron chi connectivity index (χ1n) is 8.70. The first-order chi connectivity index (χ1) is 11.7.